The second kappa shape index (κ2) is 9.10. The van der Waals surface area contributed by atoms with Crippen LogP contribution in [0.3, 0.4) is 0 Å². The molecule has 28 heavy (non-hydrogen) atoms. The predicted octanol–water partition coefficient (Wildman–Crippen LogP) is 2.79. The molecule has 1 aliphatic carbocycles. The Morgan fingerprint density at radius 3 is 2.46 bits per heavy atom. The molecule has 0 bridgehead atoms. The number of nitrogens with one attached hydrogen (secondary N) is 1. The molecular formula is C20H32N4O3S. The zero-order chi connectivity index (χ0) is 21.1. The number of hydrogen-bond donors (Lipinski definition) is 1. The van der Waals surface area contributed by atoms with E-state index in [2.05, 4.69) is 16.0 Å². The van der Waals surface area contributed by atoms with Gasteiger partial charge in [0.25, 0.3) is 0 Å². The molecule has 1 atom stereocenters. The number of nitriles is 1. The molecule has 1 aliphatic rings. The van der Waals surface area contributed by atoms with Gasteiger partial charge in [-0.15, -0.1) is 0 Å². The molecule has 1 N–H and O–H groups in total. The van der Waals surface area contributed by atoms with Crippen LogP contribution in [0, 0.1) is 25.2 Å². The zero-order valence-corrected chi connectivity index (χ0v) is 18.4. The van der Waals surface area contributed by atoms with Crippen LogP contribution in [0.4, 0.5) is 5.82 Å². The van der Waals surface area contributed by atoms with Crippen molar-refractivity contribution in [2.45, 2.75) is 65.5 Å². The van der Waals surface area contributed by atoms with Crippen molar-refractivity contribution in [2.75, 3.05) is 30.4 Å². The van der Waals surface area contributed by atoms with Gasteiger partial charge in [0.15, 0.2) is 0 Å². The summed E-state index contributed by atoms with van der Waals surface area (Å²) in [6, 6.07) is 2.30. The highest BCUT2D eigenvalue weighted by atomic mass is 32.2. The first-order valence-corrected chi connectivity index (χ1v) is 12.0. The van der Waals surface area contributed by atoms with Crippen molar-refractivity contribution >= 4 is 21.6 Å². The highest BCUT2D eigenvalue weighted by Gasteiger charge is 2.27. The van der Waals surface area contributed by atoms with Gasteiger partial charge >= 0.3 is 0 Å². The van der Waals surface area contributed by atoms with E-state index in [1.807, 2.05) is 32.6 Å². The molecule has 1 aromatic heterocycles. The maximum absolute atomic E-state index is 12.8. The average molecular weight is 409 g/mol. The van der Waals surface area contributed by atoms with E-state index in [4.69, 9.17) is 0 Å². The molecule has 156 valence electrons. The quantitative estimate of drug-likeness (QED) is 0.714. The molecule has 2 rings (SSSR count). The van der Waals surface area contributed by atoms with Gasteiger partial charge in [0.1, 0.15) is 21.7 Å². The van der Waals surface area contributed by atoms with Crippen LogP contribution >= 0.6 is 0 Å². The summed E-state index contributed by atoms with van der Waals surface area (Å²) in [6.45, 7) is 8.29. The Balaban J connectivity index is 2.23. The van der Waals surface area contributed by atoms with Crippen molar-refractivity contribution in [3.05, 3.63) is 16.8 Å². The van der Waals surface area contributed by atoms with Crippen molar-refractivity contribution in [1.29, 1.82) is 5.26 Å². The van der Waals surface area contributed by atoms with Gasteiger partial charge in [0.2, 0.25) is 5.91 Å². The van der Waals surface area contributed by atoms with E-state index in [1.165, 1.54) is 6.26 Å². The van der Waals surface area contributed by atoms with Crippen LogP contribution in [0.5, 0.6) is 0 Å². The van der Waals surface area contributed by atoms with Crippen LogP contribution in [-0.2, 0) is 14.6 Å². The van der Waals surface area contributed by atoms with E-state index in [0.29, 0.717) is 24.0 Å². The first-order valence-electron chi connectivity index (χ1n) is 9.92. The van der Waals surface area contributed by atoms with E-state index >= 15 is 0 Å². The molecular weight excluding hydrogens is 376 g/mol. The van der Waals surface area contributed by atoms with Gasteiger partial charge in [-0.3, -0.25) is 9.69 Å². The number of likely N-dealkylation sites (N-methyl/N-ethyl adjacent to an activating group) is 1. The molecule has 1 amide bonds. The molecule has 1 heterocycles. The summed E-state index contributed by atoms with van der Waals surface area (Å²) in [6.07, 6.45) is 5.62. The van der Waals surface area contributed by atoms with Gasteiger partial charge in [-0.1, -0.05) is 19.8 Å². The average Bonchev–Trinajstić information content (AvgIpc) is 3.19. The molecule has 0 aliphatic heterocycles. The summed E-state index contributed by atoms with van der Waals surface area (Å²) < 4.78 is 25.3. The second-order valence-corrected chi connectivity index (χ2v) is 10.1. The van der Waals surface area contributed by atoms with Crippen LogP contribution in [0.1, 0.15) is 62.4 Å². The standard InChI is InChI=1S/C20H32N4O3S/c1-6-23(14(2)13-28(5,26)27)12-19(25)22-20-18(11-21)15(3)16(4)24(20)17-9-7-8-10-17/h14,17H,6-10,12-13H2,1-5H3,(H,22,25). The van der Waals surface area contributed by atoms with Crippen molar-refractivity contribution in [2.24, 2.45) is 0 Å². The topological polar surface area (TPSA) is 95.2 Å². The molecule has 0 saturated heterocycles. The molecule has 0 radical (unpaired) electrons. The third-order valence-electron chi connectivity index (χ3n) is 5.74. The van der Waals surface area contributed by atoms with Crippen LogP contribution in [0.15, 0.2) is 0 Å². The van der Waals surface area contributed by atoms with Gasteiger partial charge in [-0.05, 0) is 45.7 Å². The zero-order valence-electron chi connectivity index (χ0n) is 17.6. The summed E-state index contributed by atoms with van der Waals surface area (Å²) in [4.78, 5) is 14.6. The third-order valence-corrected chi connectivity index (χ3v) is 6.82. The predicted molar refractivity (Wildman–Crippen MR) is 111 cm³/mol. The number of aromatic nitrogens is 1. The minimum Gasteiger partial charge on any atom is -0.327 e. The summed E-state index contributed by atoms with van der Waals surface area (Å²) >= 11 is 0. The number of anilines is 1. The lowest BCUT2D eigenvalue weighted by molar-refractivity contribution is -0.117. The summed E-state index contributed by atoms with van der Waals surface area (Å²) in [5.74, 6) is 0.366. The van der Waals surface area contributed by atoms with Gasteiger partial charge < -0.3 is 9.88 Å². The molecule has 0 spiro atoms. The minimum atomic E-state index is -3.12. The van der Waals surface area contributed by atoms with Crippen LogP contribution in [0.25, 0.3) is 0 Å². The van der Waals surface area contributed by atoms with Crippen LogP contribution in [-0.4, -0.2) is 54.9 Å². The number of sulfone groups is 1. The maximum Gasteiger partial charge on any atom is 0.239 e. The van der Waals surface area contributed by atoms with Crippen molar-refractivity contribution < 1.29 is 13.2 Å². The summed E-state index contributed by atoms with van der Waals surface area (Å²) in [5, 5.41) is 12.6. The number of carbonyl (C=O) groups is 1. The number of amides is 1. The van der Waals surface area contributed by atoms with Crippen molar-refractivity contribution in [1.82, 2.24) is 9.47 Å². The number of carbonyl (C=O) groups excluding carboxylic acids is 1. The molecule has 1 fully saturated rings. The van der Waals surface area contributed by atoms with Crippen LogP contribution < -0.4 is 5.32 Å². The van der Waals surface area contributed by atoms with E-state index < -0.39 is 9.84 Å². The SMILES string of the molecule is CCN(CC(=O)Nc1c(C#N)c(C)c(C)n1C1CCCC1)C(C)CS(C)(=O)=O. The number of nitrogens with zero attached hydrogens (tertiary/aromatic N) is 3. The minimum absolute atomic E-state index is 0.00817. The molecule has 8 heteroatoms. The van der Waals surface area contributed by atoms with E-state index in [1.54, 1.807) is 0 Å². The largest absolute Gasteiger partial charge is 0.327 e. The van der Waals surface area contributed by atoms with Gasteiger partial charge in [-0.25, -0.2) is 8.42 Å². The Hall–Kier alpha value is -1.85. The Kier molecular flexibility index (Phi) is 7.29. The first kappa shape index (κ1) is 22.4. The molecule has 7 nitrogen and oxygen atoms in total. The Bertz CT molecular complexity index is 861. The molecule has 1 saturated carbocycles. The lowest BCUT2D eigenvalue weighted by Crippen LogP contribution is -2.42. The Morgan fingerprint density at radius 1 is 1.36 bits per heavy atom. The highest BCUT2D eigenvalue weighted by Crippen LogP contribution is 2.37. The maximum atomic E-state index is 12.8. The fourth-order valence-electron chi connectivity index (χ4n) is 4.18. The molecule has 1 aromatic rings. The van der Waals surface area contributed by atoms with Crippen LogP contribution in [0.2, 0.25) is 0 Å². The lowest BCUT2D eigenvalue weighted by Gasteiger charge is -2.27. The Labute approximate surface area is 168 Å². The first-order chi connectivity index (χ1) is 13.1. The Morgan fingerprint density at radius 2 is 1.96 bits per heavy atom. The fraction of sp³-hybridized carbons (Fsp3) is 0.700. The lowest BCUT2D eigenvalue weighted by atomic mass is 10.2. The smallest absolute Gasteiger partial charge is 0.239 e. The monoisotopic (exact) mass is 408 g/mol. The highest BCUT2D eigenvalue weighted by molar-refractivity contribution is 7.90. The third kappa shape index (κ3) is 5.15. The van der Waals surface area contributed by atoms with Gasteiger partial charge in [0.05, 0.1) is 17.9 Å². The summed E-state index contributed by atoms with van der Waals surface area (Å²) in [7, 11) is -3.12. The van der Waals surface area contributed by atoms with Crippen molar-refractivity contribution in [3.63, 3.8) is 0 Å². The second-order valence-electron chi connectivity index (χ2n) is 7.91. The van der Waals surface area contributed by atoms with E-state index in [-0.39, 0.29) is 24.2 Å². The molecule has 0 aromatic carbocycles. The number of hydrogen-bond acceptors (Lipinski definition) is 5. The van der Waals surface area contributed by atoms with Gasteiger partial charge in [-0.2, -0.15) is 5.26 Å². The fourth-order valence-corrected chi connectivity index (χ4v) is 5.27. The number of rotatable bonds is 8. The van der Waals surface area contributed by atoms with Crippen molar-refractivity contribution in [3.8, 4) is 6.07 Å². The normalized spacial score (nSPS) is 16.3. The van der Waals surface area contributed by atoms with E-state index in [0.717, 1.165) is 36.9 Å². The summed E-state index contributed by atoms with van der Waals surface area (Å²) in [5.41, 5.74) is 2.45. The van der Waals surface area contributed by atoms with E-state index in [9.17, 15) is 18.5 Å². The van der Waals surface area contributed by atoms with Gasteiger partial charge in [0, 0.05) is 24.0 Å². The molecule has 1 unspecified atom stereocenters.